The van der Waals surface area contributed by atoms with Gasteiger partial charge in [-0.2, -0.15) is 4.98 Å². The summed E-state index contributed by atoms with van der Waals surface area (Å²) in [6.07, 6.45) is 0.764. The molecule has 1 aromatic carbocycles. The molecule has 18 heavy (non-hydrogen) atoms. The monoisotopic (exact) mass is 311 g/mol. The lowest BCUT2D eigenvalue weighted by Gasteiger charge is -2.09. The molecule has 2 rings (SSSR count). The average Bonchev–Trinajstić information content (AvgIpc) is 2.75. The van der Waals surface area contributed by atoms with E-state index in [9.17, 15) is 0 Å². The summed E-state index contributed by atoms with van der Waals surface area (Å²) in [5.41, 5.74) is 6.64. The first-order chi connectivity index (χ1) is 8.69. The summed E-state index contributed by atoms with van der Waals surface area (Å²) < 4.78 is 11.6. The molecular weight excluding hydrogens is 298 g/mol. The molecule has 0 unspecified atom stereocenters. The van der Waals surface area contributed by atoms with Gasteiger partial charge in [-0.15, -0.1) is 0 Å². The van der Waals surface area contributed by atoms with E-state index in [2.05, 4.69) is 26.1 Å². The van der Waals surface area contributed by atoms with Gasteiger partial charge in [-0.25, -0.2) is 0 Å². The highest BCUT2D eigenvalue weighted by molar-refractivity contribution is 9.10. The largest absolute Gasteiger partial charge is 0.485 e. The van der Waals surface area contributed by atoms with Crippen molar-refractivity contribution in [2.75, 3.05) is 6.54 Å². The zero-order valence-corrected chi connectivity index (χ0v) is 11.6. The first-order valence-electron chi connectivity index (χ1n) is 5.59. The fourth-order valence-electron chi connectivity index (χ4n) is 1.58. The Balaban J connectivity index is 2.08. The molecule has 0 fully saturated rings. The van der Waals surface area contributed by atoms with Crippen LogP contribution in [0.3, 0.4) is 0 Å². The van der Waals surface area contributed by atoms with Crippen molar-refractivity contribution in [1.29, 1.82) is 0 Å². The van der Waals surface area contributed by atoms with E-state index in [0.717, 1.165) is 22.2 Å². The minimum absolute atomic E-state index is 0.288. The summed E-state index contributed by atoms with van der Waals surface area (Å²) in [5, 5.41) is 3.78. The molecule has 1 heterocycles. The van der Waals surface area contributed by atoms with Crippen molar-refractivity contribution in [1.82, 2.24) is 10.1 Å². The Morgan fingerprint density at radius 2 is 2.28 bits per heavy atom. The van der Waals surface area contributed by atoms with Gasteiger partial charge in [0.15, 0.2) is 6.61 Å². The molecule has 0 saturated carbocycles. The van der Waals surface area contributed by atoms with Crippen molar-refractivity contribution in [2.24, 2.45) is 5.73 Å². The predicted molar refractivity (Wildman–Crippen MR) is 70.3 cm³/mol. The smallest absolute Gasteiger partial charge is 0.223 e. The molecule has 0 atom stereocenters. The Bertz CT molecular complexity index is 528. The number of aromatic nitrogens is 2. The third kappa shape index (κ3) is 3.30. The number of nitrogens with zero attached hydrogens (tertiary/aromatic N) is 2. The van der Waals surface area contributed by atoms with Gasteiger partial charge in [0.05, 0.1) is 0 Å². The zero-order valence-electron chi connectivity index (χ0n) is 10.0. The summed E-state index contributed by atoms with van der Waals surface area (Å²) in [6.45, 7) is 2.61. The van der Waals surface area contributed by atoms with Gasteiger partial charge in [0, 0.05) is 11.4 Å². The lowest BCUT2D eigenvalue weighted by atomic mass is 10.1. The van der Waals surface area contributed by atoms with Gasteiger partial charge in [0.25, 0.3) is 0 Å². The molecule has 0 aliphatic heterocycles. The van der Waals surface area contributed by atoms with E-state index < -0.39 is 0 Å². The van der Waals surface area contributed by atoms with E-state index in [1.807, 2.05) is 18.2 Å². The van der Waals surface area contributed by atoms with Crippen molar-refractivity contribution < 1.29 is 9.26 Å². The summed E-state index contributed by atoms with van der Waals surface area (Å²) in [7, 11) is 0. The molecule has 6 heteroatoms. The average molecular weight is 312 g/mol. The molecule has 0 amide bonds. The van der Waals surface area contributed by atoms with Crippen LogP contribution in [0.5, 0.6) is 5.75 Å². The molecule has 5 nitrogen and oxygen atoms in total. The second-order valence-electron chi connectivity index (χ2n) is 3.81. The minimum Gasteiger partial charge on any atom is -0.485 e. The molecule has 0 radical (unpaired) electrons. The van der Waals surface area contributed by atoms with Gasteiger partial charge in [0.1, 0.15) is 5.75 Å². The minimum atomic E-state index is 0.288. The van der Waals surface area contributed by atoms with Gasteiger partial charge >= 0.3 is 0 Å². The number of benzene rings is 1. The Morgan fingerprint density at radius 3 is 2.94 bits per heavy atom. The number of ether oxygens (including phenoxy) is 1. The molecule has 0 saturated heterocycles. The highest BCUT2D eigenvalue weighted by Crippen LogP contribution is 2.24. The third-order valence-electron chi connectivity index (χ3n) is 2.36. The fraction of sp³-hybridized carbons (Fsp3) is 0.333. The second-order valence-corrected chi connectivity index (χ2v) is 4.72. The maximum atomic E-state index is 5.68. The summed E-state index contributed by atoms with van der Waals surface area (Å²) in [6, 6.07) is 5.84. The molecule has 0 aliphatic rings. The standard InChI is InChI=1S/C12H14BrN3O2/c1-8-15-12(16-18-8)7-17-11-3-2-10(13)6-9(11)4-5-14/h2-3,6H,4-5,7,14H2,1H3. The first kappa shape index (κ1) is 13.0. The Labute approximate surface area is 113 Å². The number of aryl methyl sites for hydroxylation is 1. The summed E-state index contributed by atoms with van der Waals surface area (Å²) in [4.78, 5) is 4.08. The van der Waals surface area contributed by atoms with Crippen LogP contribution in [0.4, 0.5) is 0 Å². The Hall–Kier alpha value is -1.40. The third-order valence-corrected chi connectivity index (χ3v) is 2.86. The van der Waals surface area contributed by atoms with Crippen molar-refractivity contribution >= 4 is 15.9 Å². The lowest BCUT2D eigenvalue weighted by Crippen LogP contribution is -2.06. The summed E-state index contributed by atoms with van der Waals surface area (Å²) in [5.74, 6) is 1.87. The molecule has 96 valence electrons. The molecule has 2 aromatic rings. The number of rotatable bonds is 5. The quantitative estimate of drug-likeness (QED) is 0.916. The predicted octanol–water partition coefficient (Wildman–Crippen LogP) is 2.22. The molecule has 2 N–H and O–H groups in total. The SMILES string of the molecule is Cc1nc(COc2ccc(Br)cc2CCN)no1. The van der Waals surface area contributed by atoms with Gasteiger partial charge < -0.3 is 15.0 Å². The van der Waals surface area contributed by atoms with E-state index in [0.29, 0.717) is 18.3 Å². The van der Waals surface area contributed by atoms with Crippen LogP contribution >= 0.6 is 15.9 Å². The Morgan fingerprint density at radius 1 is 1.44 bits per heavy atom. The van der Waals surface area contributed by atoms with Gasteiger partial charge in [-0.3, -0.25) is 0 Å². The number of nitrogens with two attached hydrogens (primary N) is 1. The van der Waals surface area contributed by atoms with Crippen LogP contribution in [0.1, 0.15) is 17.3 Å². The van der Waals surface area contributed by atoms with Gasteiger partial charge in [-0.1, -0.05) is 21.1 Å². The maximum Gasteiger partial charge on any atom is 0.223 e. The van der Waals surface area contributed by atoms with E-state index in [1.54, 1.807) is 6.92 Å². The second kappa shape index (κ2) is 5.97. The molecule has 0 bridgehead atoms. The molecule has 0 aliphatic carbocycles. The van der Waals surface area contributed by atoms with Crippen LogP contribution in [0, 0.1) is 6.92 Å². The van der Waals surface area contributed by atoms with Gasteiger partial charge in [-0.05, 0) is 36.7 Å². The van der Waals surface area contributed by atoms with Crippen LogP contribution in [-0.4, -0.2) is 16.7 Å². The van der Waals surface area contributed by atoms with Crippen molar-refractivity contribution in [2.45, 2.75) is 20.0 Å². The highest BCUT2D eigenvalue weighted by Gasteiger charge is 2.07. The fourth-order valence-corrected chi connectivity index (χ4v) is 1.99. The van der Waals surface area contributed by atoms with Crippen LogP contribution in [0.2, 0.25) is 0 Å². The topological polar surface area (TPSA) is 74.2 Å². The number of halogens is 1. The maximum absolute atomic E-state index is 5.68. The van der Waals surface area contributed by atoms with Crippen molar-refractivity contribution in [3.8, 4) is 5.75 Å². The van der Waals surface area contributed by atoms with Crippen molar-refractivity contribution in [3.63, 3.8) is 0 Å². The van der Waals surface area contributed by atoms with Crippen LogP contribution in [0.25, 0.3) is 0 Å². The van der Waals surface area contributed by atoms with E-state index in [-0.39, 0.29) is 6.61 Å². The van der Waals surface area contributed by atoms with Crippen LogP contribution in [-0.2, 0) is 13.0 Å². The number of hydrogen-bond acceptors (Lipinski definition) is 5. The van der Waals surface area contributed by atoms with E-state index in [1.165, 1.54) is 0 Å². The first-order valence-corrected chi connectivity index (χ1v) is 6.39. The van der Waals surface area contributed by atoms with E-state index >= 15 is 0 Å². The molecule has 1 aromatic heterocycles. The Kier molecular flexibility index (Phi) is 4.33. The van der Waals surface area contributed by atoms with Crippen molar-refractivity contribution in [3.05, 3.63) is 40.0 Å². The molecular formula is C12H14BrN3O2. The zero-order chi connectivity index (χ0) is 13.0. The highest BCUT2D eigenvalue weighted by atomic mass is 79.9. The summed E-state index contributed by atoms with van der Waals surface area (Å²) >= 11 is 3.43. The van der Waals surface area contributed by atoms with Crippen LogP contribution < -0.4 is 10.5 Å². The molecule has 0 spiro atoms. The van der Waals surface area contributed by atoms with Gasteiger partial charge in [0.2, 0.25) is 11.7 Å². The lowest BCUT2D eigenvalue weighted by molar-refractivity contribution is 0.283. The van der Waals surface area contributed by atoms with E-state index in [4.69, 9.17) is 15.0 Å². The normalized spacial score (nSPS) is 10.6. The number of hydrogen-bond donors (Lipinski definition) is 1. The van der Waals surface area contributed by atoms with Crippen LogP contribution in [0.15, 0.2) is 27.2 Å².